The van der Waals surface area contributed by atoms with Crippen LogP contribution in [-0.2, 0) is 0 Å². The molecular formula is C11H17NO3. The van der Waals surface area contributed by atoms with Gasteiger partial charge < -0.3 is 20.7 Å². The van der Waals surface area contributed by atoms with Crippen LogP contribution in [0, 0.1) is 0 Å². The smallest absolute Gasteiger partial charge is 0.119 e. The summed E-state index contributed by atoms with van der Waals surface area (Å²) in [7, 11) is 0. The van der Waals surface area contributed by atoms with Crippen molar-refractivity contribution in [3.63, 3.8) is 0 Å². The van der Waals surface area contributed by atoms with E-state index < -0.39 is 12.1 Å². The third-order valence-electron chi connectivity index (χ3n) is 2.15. The van der Waals surface area contributed by atoms with E-state index in [0.29, 0.717) is 12.2 Å². The lowest BCUT2D eigenvalue weighted by Gasteiger charge is -2.17. The van der Waals surface area contributed by atoms with Gasteiger partial charge in [-0.05, 0) is 24.6 Å². The molecule has 0 bridgehead atoms. The van der Waals surface area contributed by atoms with Gasteiger partial charge in [-0.2, -0.15) is 0 Å². The molecule has 4 heteroatoms. The van der Waals surface area contributed by atoms with Crippen LogP contribution in [0.3, 0.4) is 0 Å². The molecule has 0 saturated carbocycles. The van der Waals surface area contributed by atoms with Gasteiger partial charge in [0.1, 0.15) is 5.75 Å². The topological polar surface area (TPSA) is 75.7 Å². The monoisotopic (exact) mass is 211 g/mol. The number of aliphatic hydroxyl groups excluding tert-OH is 2. The first-order valence-electron chi connectivity index (χ1n) is 4.96. The summed E-state index contributed by atoms with van der Waals surface area (Å²) in [6.45, 7) is 2.27. The Labute approximate surface area is 89.3 Å². The maximum absolute atomic E-state index is 9.68. The quantitative estimate of drug-likeness (QED) is 0.660. The van der Waals surface area contributed by atoms with Crippen LogP contribution in [0.5, 0.6) is 5.75 Å². The number of hydrogen-bond acceptors (Lipinski definition) is 4. The summed E-state index contributed by atoms with van der Waals surface area (Å²) in [6, 6.07) is 6.37. The first kappa shape index (κ1) is 12.0. The summed E-state index contributed by atoms with van der Waals surface area (Å²) in [5.41, 5.74) is 6.19. The average molecular weight is 211 g/mol. The minimum atomic E-state index is -0.842. The standard InChI is InChI=1S/C11H17NO3/c1-2-15-9-5-3-8(4-6-9)11(14)10(12)7-13/h3-6,10-11,13-14H,2,7,12H2,1H3. The van der Waals surface area contributed by atoms with E-state index in [1.54, 1.807) is 24.3 Å². The highest BCUT2D eigenvalue weighted by Gasteiger charge is 2.15. The Balaban J connectivity index is 2.70. The summed E-state index contributed by atoms with van der Waals surface area (Å²) >= 11 is 0. The lowest BCUT2D eigenvalue weighted by Crippen LogP contribution is -2.31. The first-order chi connectivity index (χ1) is 7.19. The van der Waals surface area contributed by atoms with Crippen molar-refractivity contribution in [1.29, 1.82) is 0 Å². The Morgan fingerprint density at radius 2 is 1.93 bits per heavy atom. The van der Waals surface area contributed by atoms with Crippen LogP contribution in [0.25, 0.3) is 0 Å². The van der Waals surface area contributed by atoms with Crippen LogP contribution in [0.2, 0.25) is 0 Å². The van der Waals surface area contributed by atoms with Crippen LogP contribution < -0.4 is 10.5 Å². The summed E-state index contributed by atoms with van der Waals surface area (Å²) in [5, 5.41) is 18.5. The molecule has 0 aliphatic carbocycles. The average Bonchev–Trinajstić information content (AvgIpc) is 2.28. The molecule has 0 saturated heterocycles. The number of rotatable bonds is 5. The van der Waals surface area contributed by atoms with E-state index in [1.807, 2.05) is 6.92 Å². The fraction of sp³-hybridized carbons (Fsp3) is 0.455. The van der Waals surface area contributed by atoms with E-state index in [4.69, 9.17) is 15.6 Å². The lowest BCUT2D eigenvalue weighted by atomic mass is 10.0. The van der Waals surface area contributed by atoms with Crippen molar-refractivity contribution in [2.75, 3.05) is 13.2 Å². The van der Waals surface area contributed by atoms with Crippen molar-refractivity contribution in [2.24, 2.45) is 5.73 Å². The molecule has 0 amide bonds. The maximum atomic E-state index is 9.68. The van der Waals surface area contributed by atoms with E-state index in [2.05, 4.69) is 0 Å². The zero-order valence-electron chi connectivity index (χ0n) is 8.76. The molecule has 1 rings (SSSR count). The molecule has 1 aromatic rings. The Bertz CT molecular complexity index is 286. The third-order valence-corrected chi connectivity index (χ3v) is 2.15. The van der Waals surface area contributed by atoms with Gasteiger partial charge in [0.2, 0.25) is 0 Å². The second-order valence-electron chi connectivity index (χ2n) is 3.29. The van der Waals surface area contributed by atoms with E-state index >= 15 is 0 Å². The lowest BCUT2D eigenvalue weighted by molar-refractivity contribution is 0.109. The van der Waals surface area contributed by atoms with Crippen molar-refractivity contribution in [2.45, 2.75) is 19.1 Å². The number of benzene rings is 1. The van der Waals surface area contributed by atoms with E-state index in [1.165, 1.54) is 0 Å². The highest BCUT2D eigenvalue weighted by Crippen LogP contribution is 2.19. The fourth-order valence-electron chi connectivity index (χ4n) is 1.27. The molecule has 0 aliphatic heterocycles. The van der Waals surface area contributed by atoms with Crippen LogP contribution in [0.4, 0.5) is 0 Å². The largest absolute Gasteiger partial charge is 0.494 e. The minimum absolute atomic E-state index is 0.242. The molecule has 0 heterocycles. The van der Waals surface area contributed by atoms with Crippen LogP contribution in [0.1, 0.15) is 18.6 Å². The van der Waals surface area contributed by atoms with Gasteiger partial charge in [-0.15, -0.1) is 0 Å². The molecule has 2 unspecified atom stereocenters. The second kappa shape index (κ2) is 5.70. The molecule has 0 spiro atoms. The van der Waals surface area contributed by atoms with Gasteiger partial charge in [0.15, 0.2) is 0 Å². The van der Waals surface area contributed by atoms with Gasteiger partial charge in [-0.3, -0.25) is 0 Å². The number of nitrogens with two attached hydrogens (primary N) is 1. The zero-order chi connectivity index (χ0) is 11.3. The van der Waals surface area contributed by atoms with Crippen molar-refractivity contribution in [3.8, 4) is 5.75 Å². The molecule has 0 aliphatic rings. The predicted molar refractivity (Wildman–Crippen MR) is 57.6 cm³/mol. The van der Waals surface area contributed by atoms with Crippen LogP contribution in [0.15, 0.2) is 24.3 Å². The van der Waals surface area contributed by atoms with Crippen molar-refractivity contribution in [1.82, 2.24) is 0 Å². The molecule has 4 N–H and O–H groups in total. The molecule has 0 aromatic heterocycles. The van der Waals surface area contributed by atoms with Gasteiger partial charge in [-0.1, -0.05) is 12.1 Å². The molecule has 2 atom stereocenters. The van der Waals surface area contributed by atoms with Gasteiger partial charge in [0, 0.05) is 0 Å². The molecule has 1 aromatic carbocycles. The van der Waals surface area contributed by atoms with Gasteiger partial charge in [0.25, 0.3) is 0 Å². The summed E-state index contributed by atoms with van der Waals surface area (Å²) in [5.74, 6) is 0.756. The van der Waals surface area contributed by atoms with Crippen molar-refractivity contribution >= 4 is 0 Å². The van der Waals surface area contributed by atoms with Crippen LogP contribution >= 0.6 is 0 Å². The molecule has 0 fully saturated rings. The first-order valence-corrected chi connectivity index (χ1v) is 4.96. The summed E-state index contributed by atoms with van der Waals surface area (Å²) in [4.78, 5) is 0. The van der Waals surface area contributed by atoms with E-state index in [9.17, 15) is 5.11 Å². The number of ether oxygens (including phenoxy) is 1. The second-order valence-corrected chi connectivity index (χ2v) is 3.29. The van der Waals surface area contributed by atoms with Crippen molar-refractivity contribution in [3.05, 3.63) is 29.8 Å². The number of aliphatic hydroxyl groups is 2. The minimum Gasteiger partial charge on any atom is -0.494 e. The maximum Gasteiger partial charge on any atom is 0.119 e. The fourth-order valence-corrected chi connectivity index (χ4v) is 1.27. The molecule has 0 radical (unpaired) electrons. The van der Waals surface area contributed by atoms with Gasteiger partial charge in [0.05, 0.1) is 25.4 Å². The Morgan fingerprint density at radius 3 is 2.40 bits per heavy atom. The Morgan fingerprint density at radius 1 is 1.33 bits per heavy atom. The van der Waals surface area contributed by atoms with Crippen molar-refractivity contribution < 1.29 is 14.9 Å². The summed E-state index contributed by atoms with van der Waals surface area (Å²) < 4.78 is 5.27. The molecule has 15 heavy (non-hydrogen) atoms. The summed E-state index contributed by atoms with van der Waals surface area (Å²) in [6.07, 6.45) is -0.842. The normalized spacial score (nSPS) is 14.7. The highest BCUT2D eigenvalue weighted by atomic mass is 16.5. The third kappa shape index (κ3) is 3.20. The number of hydrogen-bond donors (Lipinski definition) is 3. The van der Waals surface area contributed by atoms with Crippen LogP contribution in [-0.4, -0.2) is 29.5 Å². The van der Waals surface area contributed by atoms with Gasteiger partial charge >= 0.3 is 0 Å². The Hall–Kier alpha value is -1.10. The molecule has 4 nitrogen and oxygen atoms in total. The van der Waals surface area contributed by atoms with E-state index in [0.717, 1.165) is 5.75 Å². The predicted octanol–water partition coefficient (Wildman–Crippen LogP) is 0.438. The highest BCUT2D eigenvalue weighted by molar-refractivity contribution is 5.29. The SMILES string of the molecule is CCOc1ccc(C(O)C(N)CO)cc1. The molecule has 84 valence electrons. The van der Waals surface area contributed by atoms with E-state index in [-0.39, 0.29) is 6.61 Å². The molecular weight excluding hydrogens is 194 g/mol. The zero-order valence-corrected chi connectivity index (χ0v) is 8.76. The Kier molecular flexibility index (Phi) is 4.55. The van der Waals surface area contributed by atoms with Gasteiger partial charge in [-0.25, -0.2) is 0 Å².